The number of para-hydroxylation sites is 2. The molecule has 1 unspecified atom stereocenters. The van der Waals surface area contributed by atoms with Gasteiger partial charge in [0.15, 0.2) is 0 Å². The minimum Gasteiger partial charge on any atom is -0.329 e. The SMILES string of the molecule is O=C(c1cnccn1)N1CCCC1c1[nH]n(-c2nc3ccccc3[nH]2)c(=O)c1CCc1ccc(F)cc1. The number of carbonyl (C=O) groups is 1. The third-order valence-electron chi connectivity index (χ3n) is 6.81. The van der Waals surface area contributed by atoms with E-state index in [9.17, 15) is 14.0 Å². The number of amides is 1. The van der Waals surface area contributed by atoms with E-state index in [1.54, 1.807) is 17.0 Å². The highest BCUT2D eigenvalue weighted by Crippen LogP contribution is 2.33. The number of halogens is 1. The first kappa shape index (κ1) is 22.8. The number of imidazole rings is 1. The van der Waals surface area contributed by atoms with Crippen LogP contribution in [0.25, 0.3) is 17.0 Å². The van der Waals surface area contributed by atoms with Crippen LogP contribution in [0.5, 0.6) is 0 Å². The lowest BCUT2D eigenvalue weighted by Crippen LogP contribution is -2.32. The number of hydrogen-bond donors (Lipinski definition) is 2. The van der Waals surface area contributed by atoms with Crippen LogP contribution in [-0.4, -0.2) is 47.1 Å². The van der Waals surface area contributed by atoms with Crippen molar-refractivity contribution < 1.29 is 9.18 Å². The summed E-state index contributed by atoms with van der Waals surface area (Å²) in [5.74, 6) is -0.148. The number of fused-ring (bicyclic) bond motifs is 1. The Kier molecular flexibility index (Phi) is 5.84. The average molecular weight is 498 g/mol. The second-order valence-electron chi connectivity index (χ2n) is 9.10. The highest BCUT2D eigenvalue weighted by atomic mass is 19.1. The second-order valence-corrected chi connectivity index (χ2v) is 9.10. The quantitative estimate of drug-likeness (QED) is 0.371. The second kappa shape index (κ2) is 9.45. The molecule has 0 radical (unpaired) electrons. The van der Waals surface area contributed by atoms with Crippen LogP contribution in [0.2, 0.25) is 0 Å². The average Bonchev–Trinajstić information content (AvgIpc) is 3.65. The van der Waals surface area contributed by atoms with E-state index in [0.717, 1.165) is 23.0 Å². The van der Waals surface area contributed by atoms with Gasteiger partial charge >= 0.3 is 0 Å². The largest absolute Gasteiger partial charge is 0.329 e. The standard InChI is InChI=1S/C27H24FN7O2/c28-18-10-7-17(8-11-18)9-12-19-24(23-6-3-15-34(23)26(37)22-16-29-13-14-30-22)33-35(25(19)36)27-31-20-4-1-2-5-21(20)32-27/h1-2,4-5,7-8,10-11,13-14,16,23,33H,3,6,9,12,15H2,(H,31,32). The molecule has 9 nitrogen and oxygen atoms in total. The smallest absolute Gasteiger partial charge is 0.277 e. The molecule has 186 valence electrons. The number of aromatic nitrogens is 6. The van der Waals surface area contributed by atoms with Gasteiger partial charge < -0.3 is 9.88 Å². The number of aromatic amines is 2. The number of hydrogen-bond acceptors (Lipinski definition) is 5. The Morgan fingerprint density at radius 1 is 1.08 bits per heavy atom. The molecule has 1 amide bonds. The lowest BCUT2D eigenvalue weighted by Gasteiger charge is -2.24. The summed E-state index contributed by atoms with van der Waals surface area (Å²) in [5.41, 5.74) is 3.77. The highest BCUT2D eigenvalue weighted by molar-refractivity contribution is 5.92. The number of nitrogens with one attached hydrogen (secondary N) is 2. The maximum Gasteiger partial charge on any atom is 0.277 e. The van der Waals surface area contributed by atoms with Gasteiger partial charge in [0.2, 0.25) is 5.95 Å². The molecule has 1 aliphatic rings. The van der Waals surface area contributed by atoms with E-state index >= 15 is 0 Å². The van der Waals surface area contributed by atoms with Gasteiger partial charge in [0, 0.05) is 24.5 Å². The molecule has 0 aliphatic carbocycles. The van der Waals surface area contributed by atoms with Crippen molar-refractivity contribution in [3.05, 3.63) is 106 Å². The summed E-state index contributed by atoms with van der Waals surface area (Å²) in [6.45, 7) is 0.551. The van der Waals surface area contributed by atoms with E-state index in [-0.39, 0.29) is 29.0 Å². The third-order valence-corrected chi connectivity index (χ3v) is 6.81. The van der Waals surface area contributed by atoms with Crippen LogP contribution in [0, 0.1) is 5.82 Å². The summed E-state index contributed by atoms with van der Waals surface area (Å²) in [6.07, 6.45) is 6.94. The zero-order valence-electron chi connectivity index (χ0n) is 19.9. The van der Waals surface area contributed by atoms with Gasteiger partial charge in [0.25, 0.3) is 11.5 Å². The fourth-order valence-corrected chi connectivity index (χ4v) is 4.99. The molecule has 3 aromatic heterocycles. The molecule has 2 aromatic carbocycles. The Bertz CT molecular complexity index is 1590. The minimum atomic E-state index is -0.323. The van der Waals surface area contributed by atoms with Gasteiger partial charge in [-0.15, -0.1) is 0 Å². The van der Waals surface area contributed by atoms with Crippen molar-refractivity contribution >= 4 is 16.9 Å². The molecule has 4 heterocycles. The summed E-state index contributed by atoms with van der Waals surface area (Å²) in [5, 5.41) is 3.27. The Labute approximate surface area is 211 Å². The maximum atomic E-state index is 13.7. The first-order valence-corrected chi connectivity index (χ1v) is 12.2. The van der Waals surface area contributed by atoms with E-state index in [4.69, 9.17) is 0 Å². The van der Waals surface area contributed by atoms with Crippen LogP contribution in [0.3, 0.4) is 0 Å². The minimum absolute atomic E-state index is 0.225. The molecule has 5 aromatic rings. The van der Waals surface area contributed by atoms with Crippen molar-refractivity contribution in [2.45, 2.75) is 31.7 Å². The molecular weight excluding hydrogens is 473 g/mol. The first-order valence-electron chi connectivity index (χ1n) is 12.2. The highest BCUT2D eigenvalue weighted by Gasteiger charge is 2.35. The first-order chi connectivity index (χ1) is 18.1. The Morgan fingerprint density at radius 3 is 2.70 bits per heavy atom. The van der Waals surface area contributed by atoms with Crippen molar-refractivity contribution in [1.82, 2.24) is 34.6 Å². The van der Waals surface area contributed by atoms with Gasteiger partial charge in [-0.1, -0.05) is 24.3 Å². The molecule has 2 N–H and O–H groups in total. The summed E-state index contributed by atoms with van der Waals surface area (Å²) in [4.78, 5) is 44.8. The Hall–Kier alpha value is -4.60. The Morgan fingerprint density at radius 2 is 1.92 bits per heavy atom. The van der Waals surface area contributed by atoms with Crippen LogP contribution < -0.4 is 5.56 Å². The molecule has 1 aliphatic heterocycles. The molecule has 1 fully saturated rings. The van der Waals surface area contributed by atoms with Gasteiger partial charge in [-0.25, -0.2) is 14.4 Å². The normalized spacial score (nSPS) is 15.5. The van der Waals surface area contributed by atoms with Gasteiger partial charge in [0.1, 0.15) is 11.5 Å². The molecule has 0 saturated carbocycles. The monoisotopic (exact) mass is 497 g/mol. The van der Waals surface area contributed by atoms with E-state index in [0.29, 0.717) is 43.0 Å². The predicted octanol–water partition coefficient (Wildman–Crippen LogP) is 3.73. The molecule has 10 heteroatoms. The van der Waals surface area contributed by atoms with Crippen LogP contribution >= 0.6 is 0 Å². The zero-order chi connectivity index (χ0) is 25.4. The predicted molar refractivity (Wildman–Crippen MR) is 135 cm³/mol. The molecule has 0 spiro atoms. The van der Waals surface area contributed by atoms with E-state index in [1.165, 1.54) is 35.4 Å². The lowest BCUT2D eigenvalue weighted by atomic mass is 10.0. The third kappa shape index (κ3) is 4.31. The number of benzene rings is 2. The van der Waals surface area contributed by atoms with Crippen LogP contribution in [0.15, 0.2) is 71.9 Å². The van der Waals surface area contributed by atoms with Gasteiger partial charge in [0.05, 0.1) is 29.0 Å². The van der Waals surface area contributed by atoms with Crippen molar-refractivity contribution in [3.8, 4) is 5.95 Å². The maximum absolute atomic E-state index is 13.7. The molecule has 6 rings (SSSR count). The van der Waals surface area contributed by atoms with Crippen molar-refractivity contribution in [1.29, 1.82) is 0 Å². The molecule has 0 bridgehead atoms. The summed E-state index contributed by atoms with van der Waals surface area (Å²) >= 11 is 0. The fourth-order valence-electron chi connectivity index (χ4n) is 4.99. The Balaban J connectivity index is 1.41. The van der Waals surface area contributed by atoms with Gasteiger partial charge in [-0.3, -0.25) is 19.7 Å². The molecular formula is C27H24FN7O2. The van der Waals surface area contributed by atoms with E-state index < -0.39 is 0 Å². The van der Waals surface area contributed by atoms with E-state index in [2.05, 4.69) is 25.0 Å². The lowest BCUT2D eigenvalue weighted by molar-refractivity contribution is 0.0725. The molecule has 37 heavy (non-hydrogen) atoms. The topological polar surface area (TPSA) is 113 Å². The molecule has 1 saturated heterocycles. The summed E-state index contributed by atoms with van der Waals surface area (Å²) in [6, 6.07) is 13.5. The van der Waals surface area contributed by atoms with Gasteiger partial charge in [-0.2, -0.15) is 4.68 Å². The fraction of sp³-hybridized carbons (Fsp3) is 0.222. The van der Waals surface area contributed by atoms with Crippen LogP contribution in [-0.2, 0) is 12.8 Å². The van der Waals surface area contributed by atoms with Gasteiger partial charge in [-0.05, 0) is 55.5 Å². The van der Waals surface area contributed by atoms with Crippen molar-refractivity contribution in [2.75, 3.05) is 6.54 Å². The number of nitrogens with zero attached hydrogens (tertiary/aromatic N) is 5. The van der Waals surface area contributed by atoms with Crippen molar-refractivity contribution in [3.63, 3.8) is 0 Å². The number of aryl methyl sites for hydroxylation is 1. The number of carbonyl (C=O) groups excluding carboxylic acids is 1. The summed E-state index contributed by atoms with van der Waals surface area (Å²) in [7, 11) is 0. The van der Waals surface area contributed by atoms with Crippen molar-refractivity contribution in [2.24, 2.45) is 0 Å². The molecule has 1 atom stereocenters. The number of rotatable bonds is 6. The van der Waals surface area contributed by atoms with E-state index in [1.807, 2.05) is 24.3 Å². The number of H-pyrrole nitrogens is 2. The number of likely N-dealkylation sites (tertiary alicyclic amines) is 1. The van der Waals surface area contributed by atoms with Crippen LogP contribution in [0.4, 0.5) is 4.39 Å². The summed E-state index contributed by atoms with van der Waals surface area (Å²) < 4.78 is 14.8. The zero-order valence-corrected chi connectivity index (χ0v) is 19.9. The van der Waals surface area contributed by atoms with Crippen LogP contribution in [0.1, 0.15) is 46.2 Å².